The van der Waals surface area contributed by atoms with Crippen molar-refractivity contribution in [3.8, 4) is 5.75 Å². The predicted molar refractivity (Wildman–Crippen MR) is 130 cm³/mol. The van der Waals surface area contributed by atoms with E-state index in [0.717, 1.165) is 81.4 Å². The Balaban J connectivity index is 1.10. The SMILES string of the molecule is Cc1nc(CC2CCN(C(=O)CCc3ccc4c(c3)C[C@@H](C)O4)CC2)cc(N2CCCC2)n1. The monoisotopic (exact) mass is 448 g/mol. The number of nitrogens with zero attached hydrogens (tertiary/aromatic N) is 4. The van der Waals surface area contributed by atoms with Crippen LogP contribution in [0.4, 0.5) is 5.82 Å². The number of fused-ring (bicyclic) bond motifs is 1. The maximum atomic E-state index is 12.8. The largest absolute Gasteiger partial charge is 0.490 e. The van der Waals surface area contributed by atoms with Crippen LogP contribution in [-0.4, -0.2) is 53.1 Å². The van der Waals surface area contributed by atoms with Crippen LogP contribution in [0.3, 0.4) is 0 Å². The standard InChI is InChI=1S/C27H36N4O2/c1-19-15-23-16-21(5-7-25(23)33-19)6-8-27(32)31-13-9-22(10-14-31)17-24-18-26(29-20(2)28-24)30-11-3-4-12-30/h5,7,16,18-19,22H,3-4,6,8-15,17H2,1-2H3/t19-/m1/s1. The summed E-state index contributed by atoms with van der Waals surface area (Å²) in [5, 5.41) is 0. The molecule has 0 unspecified atom stereocenters. The lowest BCUT2D eigenvalue weighted by Crippen LogP contribution is -2.39. The molecule has 6 nitrogen and oxygen atoms in total. The van der Waals surface area contributed by atoms with Crippen molar-refractivity contribution in [3.63, 3.8) is 0 Å². The van der Waals surface area contributed by atoms with Crippen molar-refractivity contribution in [1.29, 1.82) is 0 Å². The molecular formula is C27H36N4O2. The van der Waals surface area contributed by atoms with Crippen molar-refractivity contribution in [2.24, 2.45) is 5.92 Å². The van der Waals surface area contributed by atoms with Crippen LogP contribution in [0, 0.1) is 12.8 Å². The third kappa shape index (κ3) is 5.31. The number of likely N-dealkylation sites (tertiary alicyclic amines) is 1. The second-order valence-electron chi connectivity index (χ2n) is 10.1. The summed E-state index contributed by atoms with van der Waals surface area (Å²) >= 11 is 0. The summed E-state index contributed by atoms with van der Waals surface area (Å²) in [6.45, 7) is 8.04. The first-order chi connectivity index (χ1) is 16.0. The zero-order chi connectivity index (χ0) is 22.8. The van der Waals surface area contributed by atoms with Crippen LogP contribution in [-0.2, 0) is 24.1 Å². The third-order valence-electron chi connectivity index (χ3n) is 7.36. The second-order valence-corrected chi connectivity index (χ2v) is 10.1. The number of carbonyl (C=O) groups is 1. The maximum Gasteiger partial charge on any atom is 0.222 e. The highest BCUT2D eigenvalue weighted by atomic mass is 16.5. The van der Waals surface area contributed by atoms with Gasteiger partial charge in [0, 0.05) is 50.8 Å². The Morgan fingerprint density at radius 3 is 2.67 bits per heavy atom. The Morgan fingerprint density at radius 2 is 1.88 bits per heavy atom. The number of piperidine rings is 1. The van der Waals surface area contributed by atoms with Gasteiger partial charge in [-0.15, -0.1) is 0 Å². The molecule has 5 rings (SSSR count). The van der Waals surface area contributed by atoms with Crippen LogP contribution in [0.5, 0.6) is 5.75 Å². The van der Waals surface area contributed by atoms with Crippen LogP contribution >= 0.6 is 0 Å². The Bertz CT molecular complexity index is 994. The lowest BCUT2D eigenvalue weighted by atomic mass is 9.91. The minimum absolute atomic E-state index is 0.260. The van der Waals surface area contributed by atoms with Crippen molar-refractivity contribution in [3.05, 3.63) is 46.9 Å². The molecule has 0 spiro atoms. The van der Waals surface area contributed by atoms with Gasteiger partial charge in [0.25, 0.3) is 0 Å². The predicted octanol–water partition coefficient (Wildman–Crippen LogP) is 4.12. The number of amides is 1. The minimum Gasteiger partial charge on any atom is -0.490 e. The van der Waals surface area contributed by atoms with Gasteiger partial charge in [0.2, 0.25) is 5.91 Å². The normalized spacial score (nSPS) is 20.7. The minimum atomic E-state index is 0.260. The molecule has 1 amide bonds. The van der Waals surface area contributed by atoms with E-state index in [1.165, 1.54) is 24.0 Å². The topological polar surface area (TPSA) is 58.6 Å². The smallest absolute Gasteiger partial charge is 0.222 e. The molecule has 0 bridgehead atoms. The van der Waals surface area contributed by atoms with Crippen molar-refractivity contribution >= 4 is 11.7 Å². The lowest BCUT2D eigenvalue weighted by Gasteiger charge is -2.32. The molecule has 0 saturated carbocycles. The van der Waals surface area contributed by atoms with E-state index in [-0.39, 0.29) is 12.0 Å². The number of aryl methyl sites for hydroxylation is 2. The number of aromatic nitrogens is 2. The van der Waals surface area contributed by atoms with Crippen LogP contribution in [0.25, 0.3) is 0 Å². The Hall–Kier alpha value is -2.63. The van der Waals surface area contributed by atoms with Gasteiger partial charge in [0.1, 0.15) is 23.5 Å². The number of ether oxygens (including phenoxy) is 1. The molecule has 1 aromatic carbocycles. The van der Waals surface area contributed by atoms with Gasteiger partial charge in [-0.05, 0) is 75.5 Å². The number of rotatable bonds is 6. The van der Waals surface area contributed by atoms with E-state index < -0.39 is 0 Å². The average molecular weight is 449 g/mol. The molecule has 0 N–H and O–H groups in total. The Kier molecular flexibility index (Phi) is 6.52. The zero-order valence-corrected chi connectivity index (χ0v) is 20.1. The number of carbonyl (C=O) groups excluding carboxylic acids is 1. The molecular weight excluding hydrogens is 412 g/mol. The first-order valence-electron chi connectivity index (χ1n) is 12.7. The first-order valence-corrected chi connectivity index (χ1v) is 12.7. The van der Waals surface area contributed by atoms with E-state index in [1.54, 1.807) is 0 Å². The number of anilines is 1. The molecule has 0 aliphatic carbocycles. The van der Waals surface area contributed by atoms with E-state index in [0.29, 0.717) is 12.3 Å². The summed E-state index contributed by atoms with van der Waals surface area (Å²) in [6.07, 6.45) is 8.23. The number of hydrogen-bond acceptors (Lipinski definition) is 5. The van der Waals surface area contributed by atoms with Crippen LogP contribution in [0.15, 0.2) is 24.3 Å². The van der Waals surface area contributed by atoms with Crippen molar-refractivity contribution in [2.75, 3.05) is 31.1 Å². The summed E-state index contributed by atoms with van der Waals surface area (Å²) in [4.78, 5) is 26.7. The highest BCUT2D eigenvalue weighted by molar-refractivity contribution is 5.76. The van der Waals surface area contributed by atoms with E-state index >= 15 is 0 Å². The van der Waals surface area contributed by atoms with Crippen LogP contribution in [0.2, 0.25) is 0 Å². The zero-order valence-electron chi connectivity index (χ0n) is 20.1. The van der Waals surface area contributed by atoms with Crippen molar-refractivity contribution in [2.45, 2.75) is 71.3 Å². The quantitative estimate of drug-likeness (QED) is 0.665. The molecule has 6 heteroatoms. The number of hydrogen-bond donors (Lipinski definition) is 0. The van der Waals surface area contributed by atoms with Crippen LogP contribution in [0.1, 0.15) is 61.7 Å². The van der Waals surface area contributed by atoms with Crippen molar-refractivity contribution < 1.29 is 9.53 Å². The fourth-order valence-electron chi connectivity index (χ4n) is 5.55. The van der Waals surface area contributed by atoms with E-state index in [2.05, 4.69) is 46.0 Å². The molecule has 1 aromatic heterocycles. The fourth-order valence-corrected chi connectivity index (χ4v) is 5.55. The summed E-state index contributed by atoms with van der Waals surface area (Å²) in [6, 6.07) is 8.58. The maximum absolute atomic E-state index is 12.8. The highest BCUT2D eigenvalue weighted by Crippen LogP contribution is 2.30. The van der Waals surface area contributed by atoms with Gasteiger partial charge in [-0.1, -0.05) is 12.1 Å². The average Bonchev–Trinajstić information content (AvgIpc) is 3.46. The number of benzene rings is 1. The summed E-state index contributed by atoms with van der Waals surface area (Å²) in [5.41, 5.74) is 3.67. The van der Waals surface area contributed by atoms with Gasteiger partial charge in [-0.3, -0.25) is 4.79 Å². The van der Waals surface area contributed by atoms with Gasteiger partial charge >= 0.3 is 0 Å². The first kappa shape index (κ1) is 22.2. The van der Waals surface area contributed by atoms with Gasteiger partial charge < -0.3 is 14.5 Å². The molecule has 33 heavy (non-hydrogen) atoms. The van der Waals surface area contributed by atoms with E-state index in [9.17, 15) is 4.79 Å². The highest BCUT2D eigenvalue weighted by Gasteiger charge is 2.24. The summed E-state index contributed by atoms with van der Waals surface area (Å²) in [5.74, 6) is 3.84. The van der Waals surface area contributed by atoms with Gasteiger partial charge in [0.05, 0.1) is 0 Å². The van der Waals surface area contributed by atoms with Crippen molar-refractivity contribution in [1.82, 2.24) is 14.9 Å². The van der Waals surface area contributed by atoms with Gasteiger partial charge in [0.15, 0.2) is 0 Å². The fraction of sp³-hybridized carbons (Fsp3) is 0.593. The lowest BCUT2D eigenvalue weighted by molar-refractivity contribution is -0.132. The molecule has 176 valence electrons. The molecule has 0 radical (unpaired) electrons. The summed E-state index contributed by atoms with van der Waals surface area (Å²) in [7, 11) is 0. The molecule has 3 aliphatic rings. The Labute approximate surface area is 197 Å². The summed E-state index contributed by atoms with van der Waals surface area (Å²) < 4.78 is 5.79. The molecule has 2 aromatic rings. The molecule has 2 saturated heterocycles. The Morgan fingerprint density at radius 1 is 1.09 bits per heavy atom. The molecule has 1 atom stereocenters. The second kappa shape index (κ2) is 9.70. The van der Waals surface area contributed by atoms with Gasteiger partial charge in [-0.2, -0.15) is 0 Å². The van der Waals surface area contributed by atoms with E-state index in [4.69, 9.17) is 9.72 Å². The molecule has 3 aliphatic heterocycles. The van der Waals surface area contributed by atoms with Crippen LogP contribution < -0.4 is 9.64 Å². The third-order valence-corrected chi connectivity index (χ3v) is 7.36. The molecule has 4 heterocycles. The van der Waals surface area contributed by atoms with E-state index in [1.807, 2.05) is 6.92 Å². The van der Waals surface area contributed by atoms with Gasteiger partial charge in [-0.25, -0.2) is 9.97 Å². The molecule has 2 fully saturated rings.